The van der Waals surface area contributed by atoms with E-state index in [1.807, 2.05) is 24.4 Å². The number of nitrogens with zero attached hydrogens (tertiary/aromatic N) is 2. The fourth-order valence-electron chi connectivity index (χ4n) is 3.30. The zero-order valence-corrected chi connectivity index (χ0v) is 20.8. The molecule has 0 amide bonds. The molecule has 0 aromatic carbocycles. The molecule has 2 rings (SSSR count). The molecule has 1 aromatic heterocycles. The van der Waals surface area contributed by atoms with Gasteiger partial charge in [0.25, 0.3) is 0 Å². The van der Waals surface area contributed by atoms with Gasteiger partial charge in [0.1, 0.15) is 5.60 Å². The topological polar surface area (TPSA) is 69.1 Å². The van der Waals surface area contributed by atoms with Gasteiger partial charge in [-0.25, -0.2) is 4.99 Å². The number of guanidine groups is 1. The Balaban J connectivity index is 0.00000392. The van der Waals surface area contributed by atoms with Crippen LogP contribution >= 0.6 is 35.3 Å². The monoisotopic (exact) mass is 524 g/mol. The zero-order valence-electron chi connectivity index (χ0n) is 17.6. The Kier molecular flexibility index (Phi) is 11.9. The van der Waals surface area contributed by atoms with Gasteiger partial charge in [0.2, 0.25) is 0 Å². The SMILES string of the molecule is CCNC(=NCC(C)(O)c1cccs1)NCC(CC(C)C)N1CCOCC1.I. The quantitative estimate of drug-likeness (QED) is 0.264. The maximum absolute atomic E-state index is 10.7. The molecule has 1 aliphatic rings. The summed E-state index contributed by atoms with van der Waals surface area (Å²) in [6, 6.07) is 4.37. The number of aliphatic imine (C=N–C) groups is 1. The highest BCUT2D eigenvalue weighted by Crippen LogP contribution is 2.25. The molecule has 3 N–H and O–H groups in total. The van der Waals surface area contributed by atoms with E-state index in [2.05, 4.69) is 41.3 Å². The third kappa shape index (κ3) is 8.52. The number of ether oxygens (including phenoxy) is 1. The molecule has 0 saturated carbocycles. The molecule has 28 heavy (non-hydrogen) atoms. The number of hydrogen-bond donors (Lipinski definition) is 3. The second-order valence-corrected chi connectivity index (χ2v) is 8.71. The first-order valence-corrected chi connectivity index (χ1v) is 10.9. The van der Waals surface area contributed by atoms with Gasteiger partial charge in [0.15, 0.2) is 5.96 Å². The molecule has 0 radical (unpaired) electrons. The van der Waals surface area contributed by atoms with Gasteiger partial charge in [-0.05, 0) is 37.6 Å². The predicted octanol–water partition coefficient (Wildman–Crippen LogP) is 2.88. The molecule has 0 bridgehead atoms. The number of thiophene rings is 1. The second-order valence-electron chi connectivity index (χ2n) is 7.76. The van der Waals surface area contributed by atoms with Crippen molar-refractivity contribution in [2.24, 2.45) is 10.9 Å². The van der Waals surface area contributed by atoms with Crippen molar-refractivity contribution in [3.8, 4) is 0 Å². The molecule has 1 aliphatic heterocycles. The molecule has 2 heterocycles. The maximum Gasteiger partial charge on any atom is 0.191 e. The van der Waals surface area contributed by atoms with E-state index < -0.39 is 5.60 Å². The molecule has 2 unspecified atom stereocenters. The summed E-state index contributed by atoms with van der Waals surface area (Å²) >= 11 is 1.56. The summed E-state index contributed by atoms with van der Waals surface area (Å²) in [7, 11) is 0. The molecule has 1 saturated heterocycles. The Bertz CT molecular complexity index is 561. The minimum atomic E-state index is -0.946. The van der Waals surface area contributed by atoms with Gasteiger partial charge in [-0.2, -0.15) is 0 Å². The molecular weight excluding hydrogens is 487 g/mol. The van der Waals surface area contributed by atoms with Crippen LogP contribution in [0.2, 0.25) is 0 Å². The normalized spacial score (nSPS) is 19.0. The molecular formula is C20H37IN4O2S. The third-order valence-electron chi connectivity index (χ3n) is 4.75. The Labute approximate surface area is 191 Å². The second kappa shape index (κ2) is 13.0. The van der Waals surface area contributed by atoms with E-state index in [1.54, 1.807) is 11.3 Å². The van der Waals surface area contributed by atoms with Crippen molar-refractivity contribution in [1.82, 2.24) is 15.5 Å². The minimum Gasteiger partial charge on any atom is -0.383 e. The van der Waals surface area contributed by atoms with Crippen molar-refractivity contribution in [3.05, 3.63) is 22.4 Å². The van der Waals surface area contributed by atoms with Crippen LogP contribution in [0.25, 0.3) is 0 Å². The van der Waals surface area contributed by atoms with Gasteiger partial charge in [-0.15, -0.1) is 35.3 Å². The zero-order chi connectivity index (χ0) is 19.7. The van der Waals surface area contributed by atoms with E-state index in [9.17, 15) is 5.11 Å². The van der Waals surface area contributed by atoms with Crippen LogP contribution in [0.1, 0.15) is 39.0 Å². The van der Waals surface area contributed by atoms with Crippen LogP contribution in [0.15, 0.2) is 22.5 Å². The van der Waals surface area contributed by atoms with Crippen LogP contribution in [0.3, 0.4) is 0 Å². The van der Waals surface area contributed by atoms with E-state index in [0.29, 0.717) is 18.5 Å². The number of morpholine rings is 1. The smallest absolute Gasteiger partial charge is 0.191 e. The first kappa shape index (κ1) is 25.6. The number of aliphatic hydroxyl groups is 1. The lowest BCUT2D eigenvalue weighted by Crippen LogP contribution is -2.51. The van der Waals surface area contributed by atoms with Crippen LogP contribution < -0.4 is 10.6 Å². The highest BCUT2D eigenvalue weighted by molar-refractivity contribution is 14.0. The molecule has 1 fully saturated rings. The Morgan fingerprint density at radius 1 is 1.36 bits per heavy atom. The minimum absolute atomic E-state index is 0. The van der Waals surface area contributed by atoms with Crippen LogP contribution in [0.4, 0.5) is 0 Å². The summed E-state index contributed by atoms with van der Waals surface area (Å²) in [5.74, 6) is 1.40. The number of halogens is 1. The van der Waals surface area contributed by atoms with E-state index in [4.69, 9.17) is 4.74 Å². The molecule has 0 aliphatic carbocycles. The van der Waals surface area contributed by atoms with Crippen LogP contribution in [-0.4, -0.2) is 67.9 Å². The van der Waals surface area contributed by atoms with Crippen molar-refractivity contribution >= 4 is 41.3 Å². The highest BCUT2D eigenvalue weighted by Gasteiger charge is 2.25. The van der Waals surface area contributed by atoms with Crippen LogP contribution in [0.5, 0.6) is 0 Å². The van der Waals surface area contributed by atoms with Crippen molar-refractivity contribution in [2.45, 2.75) is 45.8 Å². The molecule has 2 atom stereocenters. The fourth-order valence-corrected chi connectivity index (χ4v) is 4.08. The maximum atomic E-state index is 10.7. The molecule has 1 aromatic rings. The van der Waals surface area contributed by atoms with Crippen molar-refractivity contribution < 1.29 is 9.84 Å². The standard InChI is InChI=1S/C20H36N4O2S.HI/c1-5-21-19(23-15-20(4,25)18-7-6-12-27-18)22-14-17(13-16(2)3)24-8-10-26-11-9-24;/h6-7,12,16-17,25H,5,8-11,13-15H2,1-4H3,(H2,21,22,23);1H. The first-order valence-electron chi connectivity index (χ1n) is 10.0. The number of rotatable bonds is 9. The first-order chi connectivity index (χ1) is 12.9. The summed E-state index contributed by atoms with van der Waals surface area (Å²) in [4.78, 5) is 8.10. The van der Waals surface area contributed by atoms with Gasteiger partial charge in [-0.1, -0.05) is 19.9 Å². The molecule has 8 heteroatoms. The number of nitrogens with one attached hydrogen (secondary N) is 2. The van der Waals surface area contributed by atoms with Gasteiger partial charge in [0.05, 0.1) is 19.8 Å². The average Bonchev–Trinajstić information content (AvgIpc) is 3.19. The van der Waals surface area contributed by atoms with E-state index >= 15 is 0 Å². The Hall–Kier alpha value is -0.420. The largest absolute Gasteiger partial charge is 0.383 e. The molecule has 6 nitrogen and oxygen atoms in total. The molecule has 0 spiro atoms. The Morgan fingerprint density at radius 2 is 2.07 bits per heavy atom. The molecule has 162 valence electrons. The van der Waals surface area contributed by atoms with E-state index in [-0.39, 0.29) is 24.0 Å². The van der Waals surface area contributed by atoms with Gasteiger partial charge >= 0.3 is 0 Å². The summed E-state index contributed by atoms with van der Waals surface area (Å²) in [6.07, 6.45) is 1.14. The lowest BCUT2D eigenvalue weighted by atomic mass is 10.0. The van der Waals surface area contributed by atoms with E-state index in [0.717, 1.165) is 56.7 Å². The van der Waals surface area contributed by atoms with Gasteiger partial charge < -0.3 is 20.5 Å². The van der Waals surface area contributed by atoms with Crippen LogP contribution in [-0.2, 0) is 10.3 Å². The van der Waals surface area contributed by atoms with Crippen LogP contribution in [0, 0.1) is 5.92 Å². The highest BCUT2D eigenvalue weighted by atomic mass is 127. The fraction of sp³-hybridized carbons (Fsp3) is 0.750. The Morgan fingerprint density at radius 3 is 2.64 bits per heavy atom. The van der Waals surface area contributed by atoms with E-state index in [1.165, 1.54) is 0 Å². The summed E-state index contributed by atoms with van der Waals surface area (Å²) in [6.45, 7) is 14.0. The third-order valence-corrected chi connectivity index (χ3v) is 5.87. The number of hydrogen-bond acceptors (Lipinski definition) is 5. The average molecular weight is 525 g/mol. The lowest BCUT2D eigenvalue weighted by molar-refractivity contribution is 0.0132. The summed E-state index contributed by atoms with van der Waals surface area (Å²) in [5.41, 5.74) is -0.946. The lowest BCUT2D eigenvalue weighted by Gasteiger charge is -2.35. The van der Waals surface area contributed by atoms with Gasteiger partial charge in [0, 0.05) is 37.1 Å². The summed E-state index contributed by atoms with van der Waals surface area (Å²) < 4.78 is 5.51. The van der Waals surface area contributed by atoms with Crippen molar-refractivity contribution in [2.75, 3.05) is 45.9 Å². The van der Waals surface area contributed by atoms with Crippen molar-refractivity contribution in [1.29, 1.82) is 0 Å². The van der Waals surface area contributed by atoms with Crippen molar-refractivity contribution in [3.63, 3.8) is 0 Å². The summed E-state index contributed by atoms with van der Waals surface area (Å²) in [5, 5.41) is 19.5. The predicted molar refractivity (Wildman–Crippen MR) is 129 cm³/mol. The van der Waals surface area contributed by atoms with Gasteiger partial charge in [-0.3, -0.25) is 4.90 Å².